The van der Waals surface area contributed by atoms with E-state index in [0.717, 1.165) is 12.0 Å². The Morgan fingerprint density at radius 3 is 2.17 bits per heavy atom. The van der Waals surface area contributed by atoms with E-state index in [1.807, 2.05) is 24.3 Å². The van der Waals surface area contributed by atoms with Gasteiger partial charge >= 0.3 is 0 Å². The Morgan fingerprint density at radius 1 is 1.08 bits per heavy atom. The second-order valence-corrected chi connectivity index (χ2v) is 8.81. The van der Waals surface area contributed by atoms with Gasteiger partial charge in [0.05, 0.1) is 15.7 Å². The van der Waals surface area contributed by atoms with Crippen molar-refractivity contribution in [1.29, 1.82) is 0 Å². The molecule has 0 saturated heterocycles. The summed E-state index contributed by atoms with van der Waals surface area (Å²) >= 11 is 5.85. The fraction of sp³-hybridized carbons (Fsp3) is 0.333. The van der Waals surface area contributed by atoms with E-state index in [-0.39, 0.29) is 17.4 Å². The second-order valence-electron chi connectivity index (χ2n) is 6.31. The fourth-order valence-corrected chi connectivity index (χ4v) is 5.80. The lowest BCUT2D eigenvalue weighted by Gasteiger charge is -2.09. The number of rotatable bonds is 5. The van der Waals surface area contributed by atoms with Crippen molar-refractivity contribution in [3.63, 3.8) is 0 Å². The number of halogens is 1. The van der Waals surface area contributed by atoms with Crippen molar-refractivity contribution < 1.29 is 8.42 Å². The van der Waals surface area contributed by atoms with Crippen LogP contribution in [0.2, 0.25) is 5.02 Å². The molecule has 1 aliphatic carbocycles. The maximum Gasteiger partial charge on any atom is 0.183 e. The Morgan fingerprint density at radius 2 is 1.67 bits per heavy atom. The normalized spacial score (nSPS) is 26.3. The van der Waals surface area contributed by atoms with Gasteiger partial charge in [-0.1, -0.05) is 42.8 Å². The van der Waals surface area contributed by atoms with E-state index in [2.05, 4.69) is 6.92 Å². The fourth-order valence-electron chi connectivity index (χ4n) is 3.35. The smallest absolute Gasteiger partial charge is 0.183 e. The van der Waals surface area contributed by atoms with Crippen LogP contribution in [0.3, 0.4) is 0 Å². The average Bonchev–Trinajstić information content (AvgIpc) is 3.23. The summed E-state index contributed by atoms with van der Waals surface area (Å²) in [5.41, 5.74) is 13.4. The molecule has 3 rings (SSSR count). The third kappa shape index (κ3) is 2.75. The molecule has 3 atom stereocenters. The molecular formula is C18H21ClN2O2S. The number of nitrogens with two attached hydrogens (primary N) is 2. The highest BCUT2D eigenvalue weighted by Crippen LogP contribution is 2.55. The van der Waals surface area contributed by atoms with E-state index in [1.54, 1.807) is 12.1 Å². The summed E-state index contributed by atoms with van der Waals surface area (Å²) in [7, 11) is -3.58. The third-order valence-corrected chi connectivity index (χ3v) is 7.44. The van der Waals surface area contributed by atoms with Crippen LogP contribution in [0.1, 0.15) is 24.0 Å². The zero-order chi connectivity index (χ0) is 17.5. The SMILES string of the molecule is CCc1ccc(C2C(S(=O)(=O)c3ccc(Cl)cc3)C2(N)CN)cc1. The second kappa shape index (κ2) is 6.15. The van der Waals surface area contributed by atoms with Crippen LogP contribution in [0.4, 0.5) is 0 Å². The van der Waals surface area contributed by atoms with Crippen molar-refractivity contribution in [2.75, 3.05) is 6.54 Å². The van der Waals surface area contributed by atoms with Gasteiger partial charge in [0.2, 0.25) is 0 Å². The standard InChI is InChI=1S/C18H21ClN2O2S/c1-2-12-3-5-13(6-4-12)16-17(18(16,21)11-20)24(22,23)15-9-7-14(19)8-10-15/h3-10,16-17H,2,11,20-21H2,1H3. The minimum Gasteiger partial charge on any atom is -0.329 e. The Labute approximate surface area is 147 Å². The number of aryl methyl sites for hydroxylation is 1. The van der Waals surface area contributed by atoms with Gasteiger partial charge in [0.15, 0.2) is 9.84 Å². The molecule has 1 aliphatic rings. The lowest BCUT2D eigenvalue weighted by Crippen LogP contribution is -2.39. The lowest BCUT2D eigenvalue weighted by atomic mass is 10.0. The van der Waals surface area contributed by atoms with Gasteiger partial charge in [-0.15, -0.1) is 0 Å². The number of benzene rings is 2. The summed E-state index contributed by atoms with van der Waals surface area (Å²) < 4.78 is 26.0. The molecule has 0 spiro atoms. The van der Waals surface area contributed by atoms with Gasteiger partial charge in [-0.2, -0.15) is 0 Å². The van der Waals surface area contributed by atoms with Crippen LogP contribution >= 0.6 is 11.6 Å². The lowest BCUT2D eigenvalue weighted by molar-refractivity contribution is 0.586. The molecule has 0 amide bonds. The van der Waals surface area contributed by atoms with Crippen molar-refractivity contribution in [3.05, 3.63) is 64.7 Å². The number of sulfone groups is 1. The van der Waals surface area contributed by atoms with Crippen molar-refractivity contribution in [2.45, 2.75) is 34.9 Å². The van der Waals surface area contributed by atoms with Gasteiger partial charge in [0.1, 0.15) is 0 Å². The Kier molecular flexibility index (Phi) is 4.47. The topological polar surface area (TPSA) is 86.2 Å². The van der Waals surface area contributed by atoms with Gasteiger partial charge < -0.3 is 11.5 Å². The predicted molar refractivity (Wildman–Crippen MR) is 97.0 cm³/mol. The van der Waals surface area contributed by atoms with Crippen LogP contribution in [0, 0.1) is 0 Å². The average molecular weight is 365 g/mol. The number of hydrogen-bond donors (Lipinski definition) is 2. The van der Waals surface area contributed by atoms with Crippen LogP contribution in [-0.4, -0.2) is 25.8 Å². The zero-order valence-corrected chi connectivity index (χ0v) is 15.0. The molecule has 0 aliphatic heterocycles. The maximum absolute atomic E-state index is 13.0. The monoisotopic (exact) mass is 364 g/mol. The van der Waals surface area contributed by atoms with E-state index >= 15 is 0 Å². The van der Waals surface area contributed by atoms with Crippen molar-refractivity contribution in [1.82, 2.24) is 0 Å². The van der Waals surface area contributed by atoms with Gasteiger partial charge in [-0.05, 0) is 41.8 Å². The molecule has 0 bridgehead atoms. The molecule has 1 fully saturated rings. The molecule has 4 N–H and O–H groups in total. The molecule has 0 aromatic heterocycles. The number of hydrogen-bond acceptors (Lipinski definition) is 4. The summed E-state index contributed by atoms with van der Waals surface area (Å²) in [6, 6.07) is 14.1. The van der Waals surface area contributed by atoms with Crippen LogP contribution in [-0.2, 0) is 16.3 Å². The van der Waals surface area contributed by atoms with Gasteiger partial charge in [0, 0.05) is 17.5 Å². The molecular weight excluding hydrogens is 344 g/mol. The first kappa shape index (κ1) is 17.4. The van der Waals surface area contributed by atoms with Gasteiger partial charge in [0.25, 0.3) is 0 Å². The first-order chi connectivity index (χ1) is 11.3. The molecule has 4 nitrogen and oxygen atoms in total. The van der Waals surface area contributed by atoms with Gasteiger partial charge in [-0.3, -0.25) is 0 Å². The summed E-state index contributed by atoms with van der Waals surface area (Å²) in [6.45, 7) is 2.19. The highest BCUT2D eigenvalue weighted by molar-refractivity contribution is 7.92. The predicted octanol–water partition coefficient (Wildman–Crippen LogP) is 2.50. The molecule has 3 unspecified atom stereocenters. The quantitative estimate of drug-likeness (QED) is 0.853. The molecule has 2 aromatic rings. The summed E-state index contributed by atoms with van der Waals surface area (Å²) in [4.78, 5) is 0.229. The van der Waals surface area contributed by atoms with E-state index in [0.29, 0.717) is 5.02 Å². The van der Waals surface area contributed by atoms with Gasteiger partial charge in [-0.25, -0.2) is 8.42 Å². The van der Waals surface area contributed by atoms with E-state index in [4.69, 9.17) is 23.1 Å². The molecule has 0 radical (unpaired) electrons. The minimum absolute atomic E-state index is 0.116. The Balaban J connectivity index is 1.98. The third-order valence-electron chi connectivity index (χ3n) is 4.88. The summed E-state index contributed by atoms with van der Waals surface area (Å²) in [5.74, 6) is -0.297. The van der Waals surface area contributed by atoms with Crippen LogP contribution in [0.25, 0.3) is 0 Å². The van der Waals surface area contributed by atoms with Crippen molar-refractivity contribution in [2.24, 2.45) is 11.5 Å². The Bertz CT molecular complexity index is 834. The largest absolute Gasteiger partial charge is 0.329 e. The van der Waals surface area contributed by atoms with E-state index < -0.39 is 20.6 Å². The Hall–Kier alpha value is -1.40. The molecule has 128 valence electrons. The molecule has 0 heterocycles. The first-order valence-corrected chi connectivity index (χ1v) is 9.84. The molecule has 1 saturated carbocycles. The van der Waals surface area contributed by atoms with Crippen LogP contribution in [0.5, 0.6) is 0 Å². The summed E-state index contributed by atoms with van der Waals surface area (Å²) in [6.07, 6.45) is 0.933. The first-order valence-electron chi connectivity index (χ1n) is 7.92. The highest BCUT2D eigenvalue weighted by Gasteiger charge is 2.68. The zero-order valence-electron chi connectivity index (χ0n) is 13.4. The highest BCUT2D eigenvalue weighted by atomic mass is 35.5. The van der Waals surface area contributed by atoms with E-state index in [9.17, 15) is 8.42 Å². The maximum atomic E-state index is 13.0. The molecule has 6 heteroatoms. The van der Waals surface area contributed by atoms with Crippen molar-refractivity contribution in [3.8, 4) is 0 Å². The van der Waals surface area contributed by atoms with Crippen LogP contribution < -0.4 is 11.5 Å². The van der Waals surface area contributed by atoms with E-state index in [1.165, 1.54) is 17.7 Å². The summed E-state index contributed by atoms with van der Waals surface area (Å²) in [5, 5.41) is -0.224. The van der Waals surface area contributed by atoms with Crippen molar-refractivity contribution >= 4 is 21.4 Å². The molecule has 2 aromatic carbocycles. The molecule has 24 heavy (non-hydrogen) atoms. The minimum atomic E-state index is -3.58. The van der Waals surface area contributed by atoms with Crippen LogP contribution in [0.15, 0.2) is 53.4 Å².